The normalized spacial score (nSPS) is 13.6. The van der Waals surface area contributed by atoms with Gasteiger partial charge in [-0.25, -0.2) is 13.2 Å². The van der Waals surface area contributed by atoms with Gasteiger partial charge in [0.1, 0.15) is 11.8 Å². The molecule has 2 heterocycles. The molecule has 35 heavy (non-hydrogen) atoms. The molecule has 0 unspecified atom stereocenters. The molecule has 12 heteroatoms. The Morgan fingerprint density at radius 1 is 1.17 bits per heavy atom. The van der Waals surface area contributed by atoms with E-state index >= 15 is 0 Å². The van der Waals surface area contributed by atoms with E-state index in [0.29, 0.717) is 33.7 Å². The molecule has 8 nitrogen and oxygen atoms in total. The Bertz CT molecular complexity index is 1470. The standard InChI is InChI=1S/C21H18N2O4S.C2HF3O2/c1-28(25,26)23-17-7-5-16(6-8-17)19-13-27-20-10-14(2-3-15-11-22-12-15)4-9-18(20)21(19)24;3-2(4,5)1(6)7/h4-10,13,15,22-23H,11-12H2,1H3;(H,6,7). The lowest BCUT2D eigenvalue weighted by atomic mass is 10.0. The Hall–Kier alpha value is -3.82. The average Bonchev–Trinajstić information content (AvgIpc) is 2.72. The lowest BCUT2D eigenvalue weighted by Gasteiger charge is -2.21. The molecule has 1 saturated heterocycles. The molecular formula is C23H19F3N2O6S. The minimum atomic E-state index is -5.08. The number of alkyl halides is 3. The molecule has 184 valence electrons. The number of sulfonamides is 1. The Balaban J connectivity index is 0.000000429. The van der Waals surface area contributed by atoms with Crippen LogP contribution in [0.3, 0.4) is 0 Å². The van der Waals surface area contributed by atoms with Crippen molar-refractivity contribution in [2.24, 2.45) is 5.92 Å². The maximum Gasteiger partial charge on any atom is 0.490 e. The van der Waals surface area contributed by atoms with E-state index in [1.807, 2.05) is 6.07 Å². The lowest BCUT2D eigenvalue weighted by Crippen LogP contribution is -2.40. The van der Waals surface area contributed by atoms with Crippen LogP contribution in [0.1, 0.15) is 5.56 Å². The second-order valence-electron chi connectivity index (χ2n) is 7.57. The number of aliphatic carboxylic acids is 1. The van der Waals surface area contributed by atoms with Gasteiger partial charge in [-0.15, -0.1) is 0 Å². The van der Waals surface area contributed by atoms with E-state index in [1.165, 1.54) is 6.26 Å². The van der Waals surface area contributed by atoms with E-state index < -0.39 is 22.2 Å². The molecule has 2 aromatic carbocycles. The number of halogens is 3. The molecule has 1 aromatic heterocycles. The number of carbonyl (C=O) groups is 1. The first-order valence-electron chi connectivity index (χ1n) is 9.99. The number of hydrogen-bond acceptors (Lipinski definition) is 6. The summed E-state index contributed by atoms with van der Waals surface area (Å²) in [7, 11) is -3.35. The van der Waals surface area contributed by atoms with Crippen molar-refractivity contribution in [3.63, 3.8) is 0 Å². The van der Waals surface area contributed by atoms with E-state index in [9.17, 15) is 26.4 Å². The molecule has 3 N–H and O–H groups in total. The molecular weight excluding hydrogens is 489 g/mol. The number of fused-ring (bicyclic) bond motifs is 1. The largest absolute Gasteiger partial charge is 0.490 e. The van der Waals surface area contributed by atoms with Crippen LogP contribution >= 0.6 is 0 Å². The fourth-order valence-corrected chi connectivity index (χ4v) is 3.48. The molecule has 0 saturated carbocycles. The van der Waals surface area contributed by atoms with E-state index in [2.05, 4.69) is 21.9 Å². The molecule has 4 rings (SSSR count). The SMILES string of the molecule is CS(=O)(=O)Nc1ccc(-c2coc3cc(C#CC4CNC4)ccc3c2=O)cc1.O=C(O)C(F)(F)F. The minimum absolute atomic E-state index is 0.146. The molecule has 0 bridgehead atoms. The van der Waals surface area contributed by atoms with Gasteiger partial charge in [0, 0.05) is 30.3 Å². The number of carboxylic acid groups (broad SMARTS) is 1. The predicted octanol–water partition coefficient (Wildman–Crippen LogP) is 3.04. The molecule has 1 fully saturated rings. The molecule has 1 aliphatic rings. The monoisotopic (exact) mass is 508 g/mol. The van der Waals surface area contributed by atoms with Gasteiger partial charge < -0.3 is 14.8 Å². The summed E-state index contributed by atoms with van der Waals surface area (Å²) in [6, 6.07) is 11.9. The van der Waals surface area contributed by atoms with Gasteiger partial charge in [-0.05, 0) is 35.9 Å². The van der Waals surface area contributed by atoms with E-state index in [0.717, 1.165) is 24.9 Å². The molecule has 0 aliphatic carbocycles. The van der Waals surface area contributed by atoms with Gasteiger partial charge in [-0.3, -0.25) is 9.52 Å². The van der Waals surface area contributed by atoms with E-state index in [1.54, 1.807) is 36.4 Å². The molecule has 0 spiro atoms. The summed E-state index contributed by atoms with van der Waals surface area (Å²) in [5, 5.41) is 10.8. The van der Waals surface area contributed by atoms with Gasteiger partial charge in [0.15, 0.2) is 5.43 Å². The van der Waals surface area contributed by atoms with Gasteiger partial charge in [0.05, 0.1) is 17.2 Å². The Morgan fingerprint density at radius 2 is 1.80 bits per heavy atom. The Morgan fingerprint density at radius 3 is 2.31 bits per heavy atom. The summed E-state index contributed by atoms with van der Waals surface area (Å²) in [6.45, 7) is 1.83. The zero-order valence-corrected chi connectivity index (χ0v) is 19.0. The maximum atomic E-state index is 12.9. The van der Waals surface area contributed by atoms with Crippen LogP contribution in [0.4, 0.5) is 18.9 Å². The zero-order valence-electron chi connectivity index (χ0n) is 18.1. The predicted molar refractivity (Wildman–Crippen MR) is 123 cm³/mol. The number of anilines is 1. The highest BCUT2D eigenvalue weighted by atomic mass is 32.2. The fourth-order valence-electron chi connectivity index (χ4n) is 2.91. The number of carboxylic acids is 1. The molecule has 3 aromatic rings. The molecule has 0 amide bonds. The lowest BCUT2D eigenvalue weighted by molar-refractivity contribution is -0.192. The third kappa shape index (κ3) is 7.08. The van der Waals surface area contributed by atoms with Crippen molar-refractivity contribution in [1.82, 2.24) is 5.32 Å². The van der Waals surface area contributed by atoms with Gasteiger partial charge in [-0.2, -0.15) is 13.2 Å². The topological polar surface area (TPSA) is 126 Å². The van der Waals surface area contributed by atoms with Crippen LogP contribution in [0, 0.1) is 17.8 Å². The van der Waals surface area contributed by atoms with Crippen LogP contribution in [-0.4, -0.2) is 45.0 Å². The van der Waals surface area contributed by atoms with Crippen molar-refractivity contribution in [3.05, 3.63) is 64.5 Å². The highest BCUT2D eigenvalue weighted by molar-refractivity contribution is 7.92. The first kappa shape index (κ1) is 25.8. The fraction of sp³-hybridized carbons (Fsp3) is 0.217. The van der Waals surface area contributed by atoms with Crippen molar-refractivity contribution in [2.45, 2.75) is 6.18 Å². The summed E-state index contributed by atoms with van der Waals surface area (Å²) in [6.07, 6.45) is -2.57. The second-order valence-corrected chi connectivity index (χ2v) is 9.32. The van der Waals surface area contributed by atoms with Crippen LogP contribution in [0.25, 0.3) is 22.1 Å². The zero-order chi connectivity index (χ0) is 25.8. The third-order valence-electron chi connectivity index (χ3n) is 4.72. The van der Waals surface area contributed by atoms with Crippen LogP contribution < -0.4 is 15.5 Å². The highest BCUT2D eigenvalue weighted by Gasteiger charge is 2.38. The molecule has 0 radical (unpaired) electrons. The van der Waals surface area contributed by atoms with Crippen molar-refractivity contribution in [2.75, 3.05) is 24.1 Å². The molecule has 0 atom stereocenters. The summed E-state index contributed by atoms with van der Waals surface area (Å²) in [5.41, 5.74) is 2.65. The summed E-state index contributed by atoms with van der Waals surface area (Å²) in [5.74, 6) is 3.94. The van der Waals surface area contributed by atoms with Crippen LogP contribution in [0.2, 0.25) is 0 Å². The molecule has 1 aliphatic heterocycles. The van der Waals surface area contributed by atoms with Crippen LogP contribution in [0.15, 0.2) is 57.9 Å². The summed E-state index contributed by atoms with van der Waals surface area (Å²) >= 11 is 0. The van der Waals surface area contributed by atoms with Gasteiger partial charge in [0.25, 0.3) is 0 Å². The summed E-state index contributed by atoms with van der Waals surface area (Å²) in [4.78, 5) is 21.8. The van der Waals surface area contributed by atoms with Gasteiger partial charge >= 0.3 is 12.1 Å². The Labute approximate surface area is 197 Å². The highest BCUT2D eigenvalue weighted by Crippen LogP contribution is 2.22. The van der Waals surface area contributed by atoms with Crippen molar-refractivity contribution >= 4 is 32.6 Å². The number of benzene rings is 2. The number of nitrogens with one attached hydrogen (secondary N) is 2. The Kier molecular flexibility index (Phi) is 7.52. The average molecular weight is 508 g/mol. The first-order valence-corrected chi connectivity index (χ1v) is 11.9. The van der Waals surface area contributed by atoms with E-state index in [4.69, 9.17) is 14.3 Å². The smallest absolute Gasteiger partial charge is 0.475 e. The number of rotatable bonds is 3. The van der Waals surface area contributed by atoms with Gasteiger partial charge in [0.2, 0.25) is 10.0 Å². The van der Waals surface area contributed by atoms with Crippen molar-refractivity contribution in [3.8, 4) is 23.0 Å². The van der Waals surface area contributed by atoms with Gasteiger partial charge in [-0.1, -0.05) is 24.0 Å². The van der Waals surface area contributed by atoms with Crippen LogP contribution in [-0.2, 0) is 14.8 Å². The minimum Gasteiger partial charge on any atom is -0.475 e. The maximum absolute atomic E-state index is 12.9. The van der Waals surface area contributed by atoms with Crippen molar-refractivity contribution < 1.29 is 35.9 Å². The first-order chi connectivity index (χ1) is 16.3. The van der Waals surface area contributed by atoms with Crippen LogP contribution in [0.5, 0.6) is 0 Å². The second kappa shape index (κ2) is 10.2. The van der Waals surface area contributed by atoms with Crippen molar-refractivity contribution in [1.29, 1.82) is 0 Å². The quantitative estimate of drug-likeness (QED) is 0.465. The number of hydrogen-bond donors (Lipinski definition) is 3. The summed E-state index contributed by atoms with van der Waals surface area (Å²) < 4.78 is 62.4. The third-order valence-corrected chi connectivity index (χ3v) is 5.32. The van der Waals surface area contributed by atoms with E-state index in [-0.39, 0.29) is 5.43 Å².